The first-order valence-electron chi connectivity index (χ1n) is 8.82. The van der Waals surface area contributed by atoms with Crippen molar-refractivity contribution in [1.29, 1.82) is 0 Å². The predicted octanol–water partition coefficient (Wildman–Crippen LogP) is 2.85. The lowest BCUT2D eigenvalue weighted by Crippen LogP contribution is -2.33. The number of nitrogens with zero attached hydrogens (tertiary/aromatic N) is 1. The van der Waals surface area contributed by atoms with E-state index in [9.17, 15) is 23.6 Å². The average molecular weight is 415 g/mol. The molecule has 0 aliphatic carbocycles. The van der Waals surface area contributed by atoms with Gasteiger partial charge >= 0.3 is 0 Å². The van der Waals surface area contributed by atoms with Gasteiger partial charge in [0.1, 0.15) is 6.61 Å². The summed E-state index contributed by atoms with van der Waals surface area (Å²) < 4.78 is 37.6. The second-order valence-corrected chi connectivity index (χ2v) is 8.58. The SMILES string of the molecule is O=[N+]([O-])c1ccc2c(c1CS(=O)(=O)c1cccc3ccccc13)O[C@@H](CO)CO2. The third-order valence-corrected chi connectivity index (χ3v) is 6.42. The van der Waals surface area contributed by atoms with Crippen LogP contribution in [0, 0.1) is 10.1 Å². The number of ether oxygens (including phenoxy) is 2. The van der Waals surface area contributed by atoms with Crippen LogP contribution in [-0.2, 0) is 15.6 Å². The fraction of sp³-hybridized carbons (Fsp3) is 0.200. The molecule has 0 radical (unpaired) electrons. The summed E-state index contributed by atoms with van der Waals surface area (Å²) in [4.78, 5) is 11.0. The summed E-state index contributed by atoms with van der Waals surface area (Å²) in [5.74, 6) is -0.445. The topological polar surface area (TPSA) is 116 Å². The third kappa shape index (κ3) is 3.50. The zero-order chi connectivity index (χ0) is 20.6. The van der Waals surface area contributed by atoms with Crippen molar-refractivity contribution < 1.29 is 27.9 Å². The summed E-state index contributed by atoms with van der Waals surface area (Å²) in [5.41, 5.74) is -0.478. The van der Waals surface area contributed by atoms with E-state index in [2.05, 4.69) is 0 Å². The van der Waals surface area contributed by atoms with Crippen LogP contribution in [-0.4, -0.2) is 37.8 Å². The number of hydrogen-bond acceptors (Lipinski definition) is 7. The molecule has 0 amide bonds. The highest BCUT2D eigenvalue weighted by molar-refractivity contribution is 7.90. The van der Waals surface area contributed by atoms with Crippen molar-refractivity contribution >= 4 is 26.3 Å². The molecule has 1 heterocycles. The molecule has 0 unspecified atom stereocenters. The number of aliphatic hydroxyl groups excluding tert-OH is 1. The van der Waals surface area contributed by atoms with E-state index in [1.807, 2.05) is 0 Å². The van der Waals surface area contributed by atoms with Crippen LogP contribution >= 0.6 is 0 Å². The third-order valence-electron chi connectivity index (χ3n) is 4.73. The lowest BCUT2D eigenvalue weighted by atomic mass is 10.1. The van der Waals surface area contributed by atoms with Crippen LogP contribution < -0.4 is 9.47 Å². The van der Waals surface area contributed by atoms with E-state index in [1.165, 1.54) is 18.2 Å². The summed E-state index contributed by atoms with van der Waals surface area (Å²) in [5, 5.41) is 22.2. The zero-order valence-electron chi connectivity index (χ0n) is 15.1. The maximum atomic E-state index is 13.3. The van der Waals surface area contributed by atoms with Gasteiger partial charge in [0.05, 0.1) is 27.7 Å². The van der Waals surface area contributed by atoms with Gasteiger partial charge in [-0.3, -0.25) is 10.1 Å². The summed E-state index contributed by atoms with van der Waals surface area (Å²) >= 11 is 0. The first-order valence-corrected chi connectivity index (χ1v) is 10.5. The Morgan fingerprint density at radius 2 is 1.86 bits per heavy atom. The van der Waals surface area contributed by atoms with Gasteiger partial charge < -0.3 is 14.6 Å². The van der Waals surface area contributed by atoms with Crippen molar-refractivity contribution in [1.82, 2.24) is 0 Å². The van der Waals surface area contributed by atoms with Crippen LogP contribution in [0.2, 0.25) is 0 Å². The number of rotatable bonds is 5. The molecule has 1 aliphatic rings. The molecule has 3 aromatic rings. The Labute approximate surface area is 166 Å². The van der Waals surface area contributed by atoms with Crippen molar-refractivity contribution in [3.8, 4) is 11.5 Å². The van der Waals surface area contributed by atoms with Gasteiger partial charge in [-0.05, 0) is 17.5 Å². The molecule has 0 spiro atoms. The van der Waals surface area contributed by atoms with E-state index in [0.29, 0.717) is 5.39 Å². The van der Waals surface area contributed by atoms with Crippen molar-refractivity contribution in [3.63, 3.8) is 0 Å². The molecular weight excluding hydrogens is 398 g/mol. The molecule has 150 valence electrons. The van der Waals surface area contributed by atoms with E-state index in [-0.39, 0.29) is 40.9 Å². The van der Waals surface area contributed by atoms with E-state index >= 15 is 0 Å². The Kier molecular flexibility index (Phi) is 4.85. The van der Waals surface area contributed by atoms with Gasteiger partial charge in [0.2, 0.25) is 0 Å². The largest absolute Gasteiger partial charge is 0.486 e. The quantitative estimate of drug-likeness (QED) is 0.503. The van der Waals surface area contributed by atoms with Gasteiger partial charge in [0.15, 0.2) is 27.4 Å². The van der Waals surface area contributed by atoms with Gasteiger partial charge in [-0.1, -0.05) is 36.4 Å². The van der Waals surface area contributed by atoms with Crippen LogP contribution in [0.4, 0.5) is 5.69 Å². The van der Waals surface area contributed by atoms with Gasteiger partial charge in [-0.15, -0.1) is 0 Å². The molecule has 4 rings (SSSR count). The standard InChI is InChI=1S/C20H17NO7S/c22-10-14-11-27-18-9-8-17(21(23)24)16(20(18)28-14)12-29(25,26)19-7-3-5-13-4-1-2-6-15(13)19/h1-9,14,22H,10-12H2/t14-/m0/s1. The number of aliphatic hydroxyl groups is 1. The lowest BCUT2D eigenvalue weighted by Gasteiger charge is -2.26. The fourth-order valence-electron chi connectivity index (χ4n) is 3.36. The van der Waals surface area contributed by atoms with Crippen molar-refractivity contribution in [2.24, 2.45) is 0 Å². The average Bonchev–Trinajstić information content (AvgIpc) is 2.72. The molecule has 1 atom stereocenters. The van der Waals surface area contributed by atoms with E-state index < -0.39 is 26.6 Å². The molecule has 0 saturated heterocycles. The van der Waals surface area contributed by atoms with E-state index in [0.717, 1.165) is 5.39 Å². The highest BCUT2D eigenvalue weighted by Crippen LogP contribution is 2.42. The highest BCUT2D eigenvalue weighted by atomic mass is 32.2. The Hall–Kier alpha value is -3.17. The van der Waals surface area contributed by atoms with Crippen molar-refractivity contribution in [2.45, 2.75) is 16.8 Å². The summed E-state index contributed by atoms with van der Waals surface area (Å²) in [7, 11) is -3.96. The molecule has 3 aromatic carbocycles. The molecule has 0 saturated carbocycles. The number of benzene rings is 3. The normalized spacial score (nSPS) is 16.0. The Morgan fingerprint density at radius 1 is 1.10 bits per heavy atom. The molecule has 9 heteroatoms. The monoisotopic (exact) mass is 415 g/mol. The summed E-state index contributed by atoms with van der Waals surface area (Å²) in [6.07, 6.45) is -0.733. The van der Waals surface area contributed by atoms with E-state index in [1.54, 1.807) is 36.4 Å². The molecule has 0 bridgehead atoms. The Bertz CT molecular complexity index is 1200. The highest BCUT2D eigenvalue weighted by Gasteiger charge is 2.32. The summed E-state index contributed by atoms with van der Waals surface area (Å²) in [6, 6.07) is 14.5. The van der Waals surface area contributed by atoms with Crippen LogP contribution in [0.25, 0.3) is 10.8 Å². The molecule has 1 aliphatic heterocycles. The molecule has 1 N–H and O–H groups in total. The molecule has 29 heavy (non-hydrogen) atoms. The number of hydrogen-bond donors (Lipinski definition) is 1. The number of fused-ring (bicyclic) bond motifs is 2. The van der Waals surface area contributed by atoms with Crippen LogP contribution in [0.1, 0.15) is 5.56 Å². The molecule has 0 fully saturated rings. The second-order valence-electron chi connectivity index (χ2n) is 6.62. The molecular formula is C20H17NO7S. The maximum absolute atomic E-state index is 13.3. The first kappa shape index (κ1) is 19.2. The fourth-order valence-corrected chi connectivity index (χ4v) is 4.98. The Morgan fingerprint density at radius 3 is 2.62 bits per heavy atom. The molecule has 0 aromatic heterocycles. The van der Waals surface area contributed by atoms with Gasteiger partial charge in [0.25, 0.3) is 5.69 Å². The predicted molar refractivity (Wildman–Crippen MR) is 105 cm³/mol. The van der Waals surface area contributed by atoms with Crippen LogP contribution in [0.3, 0.4) is 0 Å². The smallest absolute Gasteiger partial charge is 0.277 e. The maximum Gasteiger partial charge on any atom is 0.277 e. The molecule has 8 nitrogen and oxygen atoms in total. The Balaban J connectivity index is 1.85. The van der Waals surface area contributed by atoms with Gasteiger partial charge in [-0.25, -0.2) is 8.42 Å². The van der Waals surface area contributed by atoms with Crippen LogP contribution in [0.15, 0.2) is 59.5 Å². The minimum atomic E-state index is -3.96. The number of sulfone groups is 1. The minimum Gasteiger partial charge on any atom is -0.486 e. The van der Waals surface area contributed by atoms with Crippen molar-refractivity contribution in [3.05, 3.63) is 70.3 Å². The first-order chi connectivity index (χ1) is 13.9. The van der Waals surface area contributed by atoms with E-state index in [4.69, 9.17) is 9.47 Å². The zero-order valence-corrected chi connectivity index (χ0v) is 16.0. The number of nitro groups is 1. The van der Waals surface area contributed by atoms with Gasteiger partial charge in [-0.2, -0.15) is 0 Å². The lowest BCUT2D eigenvalue weighted by molar-refractivity contribution is -0.385. The van der Waals surface area contributed by atoms with Crippen molar-refractivity contribution in [2.75, 3.05) is 13.2 Å². The van der Waals surface area contributed by atoms with Crippen LogP contribution in [0.5, 0.6) is 11.5 Å². The minimum absolute atomic E-state index is 0.0201. The van der Waals surface area contributed by atoms with Gasteiger partial charge in [0, 0.05) is 11.5 Å². The number of nitro benzene ring substituents is 1. The summed E-state index contributed by atoms with van der Waals surface area (Å²) in [6.45, 7) is -0.297. The second kappa shape index (κ2) is 7.34.